The summed E-state index contributed by atoms with van der Waals surface area (Å²) in [6.07, 6.45) is 2.93. The van der Waals surface area contributed by atoms with E-state index in [4.69, 9.17) is 9.47 Å². The molecule has 4 aromatic carbocycles. The van der Waals surface area contributed by atoms with Crippen molar-refractivity contribution in [2.75, 3.05) is 26.3 Å². The van der Waals surface area contributed by atoms with Gasteiger partial charge in [0.2, 0.25) is 11.8 Å². The van der Waals surface area contributed by atoms with Crippen LogP contribution in [0.3, 0.4) is 0 Å². The number of allylic oxidation sites excluding steroid dienone is 2. The average Bonchev–Trinajstić information content (AvgIpc) is 3.51. The maximum atomic E-state index is 13.7. The Balaban J connectivity index is 1.14. The lowest BCUT2D eigenvalue weighted by molar-refractivity contribution is -0.152. The number of esters is 1. The Morgan fingerprint density at radius 1 is 0.849 bits per heavy atom. The fourth-order valence-corrected chi connectivity index (χ4v) is 6.97. The van der Waals surface area contributed by atoms with Gasteiger partial charge < -0.3 is 30.1 Å². The quantitative estimate of drug-likeness (QED) is 0.134. The van der Waals surface area contributed by atoms with Gasteiger partial charge in [-0.2, -0.15) is 0 Å². The molecule has 0 bridgehead atoms. The molecule has 1 heterocycles. The molecule has 0 aromatic heterocycles. The second-order valence-electron chi connectivity index (χ2n) is 13.3. The van der Waals surface area contributed by atoms with E-state index in [1.807, 2.05) is 97.1 Å². The van der Waals surface area contributed by atoms with E-state index in [9.17, 15) is 24.3 Å². The number of alkyl carbamates (subject to hydrolysis) is 1. The predicted octanol–water partition coefficient (Wildman–Crippen LogP) is 6.06. The Hall–Kier alpha value is -5.74. The Labute approximate surface area is 309 Å². The van der Waals surface area contributed by atoms with Crippen molar-refractivity contribution in [1.29, 1.82) is 0 Å². The molecule has 3 N–H and O–H groups in total. The number of fused-ring (bicyclic) bond motifs is 3. The van der Waals surface area contributed by atoms with Gasteiger partial charge in [-0.25, -0.2) is 9.59 Å². The molecule has 4 aromatic rings. The summed E-state index contributed by atoms with van der Waals surface area (Å²) in [5, 5.41) is 15.3. The van der Waals surface area contributed by atoms with Crippen molar-refractivity contribution in [3.05, 3.63) is 144 Å². The third-order valence-corrected chi connectivity index (χ3v) is 9.75. The van der Waals surface area contributed by atoms with Gasteiger partial charge in [0.1, 0.15) is 18.8 Å². The van der Waals surface area contributed by atoms with E-state index in [-0.39, 0.29) is 63.3 Å². The molecule has 3 amide bonds. The summed E-state index contributed by atoms with van der Waals surface area (Å²) in [6, 6.07) is 33.7. The number of cyclic esters (lactones) is 1. The van der Waals surface area contributed by atoms with E-state index in [0.29, 0.717) is 18.5 Å². The van der Waals surface area contributed by atoms with E-state index < -0.39 is 30.1 Å². The summed E-state index contributed by atoms with van der Waals surface area (Å²) in [5.41, 5.74) is 5.98. The molecule has 2 aliphatic rings. The lowest BCUT2D eigenvalue weighted by Crippen LogP contribution is -2.44. The van der Waals surface area contributed by atoms with Gasteiger partial charge in [0, 0.05) is 25.4 Å². The van der Waals surface area contributed by atoms with Crippen LogP contribution in [0.2, 0.25) is 0 Å². The number of nitrogens with one attached hydrogen (secondary N) is 2. The van der Waals surface area contributed by atoms with Crippen molar-refractivity contribution < 1.29 is 33.8 Å². The monoisotopic (exact) mass is 715 g/mol. The lowest BCUT2D eigenvalue weighted by atomic mass is 9.98. The summed E-state index contributed by atoms with van der Waals surface area (Å²) < 4.78 is 11.7. The third-order valence-electron chi connectivity index (χ3n) is 9.75. The van der Waals surface area contributed by atoms with Crippen LogP contribution in [0.4, 0.5) is 4.79 Å². The highest BCUT2D eigenvalue weighted by atomic mass is 16.6. The number of aliphatic hydroxyl groups excluding tert-OH is 1. The Morgan fingerprint density at radius 2 is 1.49 bits per heavy atom. The molecule has 6 rings (SSSR count). The van der Waals surface area contributed by atoms with Crippen molar-refractivity contribution in [3.8, 4) is 11.1 Å². The number of carbonyl (C=O) groups is 4. The smallest absolute Gasteiger partial charge is 0.407 e. The minimum absolute atomic E-state index is 0.0367. The third kappa shape index (κ3) is 9.58. The highest BCUT2D eigenvalue weighted by molar-refractivity contribution is 5.86. The predicted molar refractivity (Wildman–Crippen MR) is 200 cm³/mol. The molecule has 0 saturated carbocycles. The zero-order chi connectivity index (χ0) is 37.0. The summed E-state index contributed by atoms with van der Waals surface area (Å²) >= 11 is 0. The highest BCUT2D eigenvalue weighted by Crippen LogP contribution is 2.44. The van der Waals surface area contributed by atoms with Crippen molar-refractivity contribution in [2.24, 2.45) is 5.92 Å². The van der Waals surface area contributed by atoms with Crippen LogP contribution in [0, 0.1) is 5.92 Å². The summed E-state index contributed by atoms with van der Waals surface area (Å²) in [7, 11) is 0. The van der Waals surface area contributed by atoms with E-state index in [0.717, 1.165) is 27.8 Å². The van der Waals surface area contributed by atoms with Gasteiger partial charge in [0.25, 0.3) is 0 Å². The van der Waals surface area contributed by atoms with Crippen molar-refractivity contribution in [1.82, 2.24) is 15.5 Å². The van der Waals surface area contributed by atoms with Gasteiger partial charge in [-0.3, -0.25) is 9.59 Å². The second-order valence-corrected chi connectivity index (χ2v) is 13.3. The van der Waals surface area contributed by atoms with Crippen LogP contribution >= 0.6 is 0 Å². The van der Waals surface area contributed by atoms with E-state index in [1.54, 1.807) is 17.0 Å². The largest absolute Gasteiger partial charge is 0.454 e. The molecule has 3 atom stereocenters. The maximum absolute atomic E-state index is 13.7. The molecular weight excluding hydrogens is 670 g/mol. The van der Waals surface area contributed by atoms with Crippen LogP contribution in [0.5, 0.6) is 0 Å². The maximum Gasteiger partial charge on any atom is 0.407 e. The minimum Gasteiger partial charge on any atom is -0.454 e. The van der Waals surface area contributed by atoms with Gasteiger partial charge in [-0.05, 0) is 52.6 Å². The van der Waals surface area contributed by atoms with E-state index in [1.165, 1.54) is 0 Å². The number of ether oxygens (including phenoxy) is 2. The standard InChI is InChI=1S/C43H45N3O7/c47-25-24-46(28-30-14-4-1-5-15-30)40(48)26-32-18-8-3-9-23-38(42(50)53-39(27-44-41(32)49)31-16-6-2-7-17-31)45-43(51)52-29-37-35-21-12-10-19-33(35)34-20-11-13-22-36(34)37/h1-8,10-17,19-22,32,37-39,47H,9,18,23-29H2,(H,44,49)(H,45,51). The number of amides is 3. The zero-order valence-corrected chi connectivity index (χ0v) is 29.6. The molecule has 0 radical (unpaired) electrons. The van der Waals surface area contributed by atoms with Crippen molar-refractivity contribution >= 4 is 23.9 Å². The number of aliphatic hydroxyl groups is 1. The normalized spacial score (nSPS) is 18.9. The second kappa shape index (κ2) is 18.1. The van der Waals surface area contributed by atoms with Gasteiger partial charge in [0.15, 0.2) is 0 Å². The van der Waals surface area contributed by atoms with Gasteiger partial charge >= 0.3 is 12.1 Å². The first-order valence-electron chi connectivity index (χ1n) is 18.1. The van der Waals surface area contributed by atoms with E-state index >= 15 is 0 Å². The van der Waals surface area contributed by atoms with Crippen LogP contribution in [-0.4, -0.2) is 66.2 Å². The number of hydrogen-bond acceptors (Lipinski definition) is 7. The first-order chi connectivity index (χ1) is 25.9. The van der Waals surface area contributed by atoms with Crippen molar-refractivity contribution in [2.45, 2.75) is 50.3 Å². The topological polar surface area (TPSA) is 134 Å². The fraction of sp³-hybridized carbons (Fsp3) is 0.302. The Bertz CT molecular complexity index is 1850. The van der Waals surface area contributed by atoms with Gasteiger partial charge in [-0.15, -0.1) is 0 Å². The molecule has 53 heavy (non-hydrogen) atoms. The Morgan fingerprint density at radius 3 is 2.17 bits per heavy atom. The fourth-order valence-electron chi connectivity index (χ4n) is 6.97. The molecule has 274 valence electrons. The summed E-state index contributed by atoms with van der Waals surface area (Å²) in [6.45, 7) is 0.313. The molecule has 10 nitrogen and oxygen atoms in total. The minimum atomic E-state index is -1.01. The SMILES string of the molecule is O=C(NC1CCC=CCC(CC(=O)N(CCO)Cc2ccccc2)C(=O)NCC(c2ccccc2)OC1=O)OCC1c2ccccc2-c2ccccc21. The number of rotatable bonds is 10. The van der Waals surface area contributed by atoms with Gasteiger partial charge in [0.05, 0.1) is 19.1 Å². The van der Waals surface area contributed by atoms with Crippen LogP contribution in [-0.2, 0) is 30.4 Å². The zero-order valence-electron chi connectivity index (χ0n) is 29.6. The van der Waals surface area contributed by atoms with Gasteiger partial charge in [-0.1, -0.05) is 121 Å². The van der Waals surface area contributed by atoms with Crippen LogP contribution in [0.1, 0.15) is 60.0 Å². The van der Waals surface area contributed by atoms with Crippen LogP contribution < -0.4 is 10.6 Å². The summed E-state index contributed by atoms with van der Waals surface area (Å²) in [5.74, 6) is -2.08. The number of nitrogens with zero attached hydrogens (tertiary/aromatic N) is 1. The van der Waals surface area contributed by atoms with Crippen LogP contribution in [0.25, 0.3) is 11.1 Å². The number of benzene rings is 4. The molecule has 0 fully saturated rings. The molecule has 10 heteroatoms. The number of hydrogen-bond donors (Lipinski definition) is 3. The molecule has 1 aliphatic carbocycles. The highest BCUT2D eigenvalue weighted by Gasteiger charge is 2.32. The van der Waals surface area contributed by atoms with E-state index in [2.05, 4.69) is 22.8 Å². The Kier molecular flexibility index (Phi) is 12.7. The van der Waals surface area contributed by atoms with Crippen LogP contribution in [0.15, 0.2) is 121 Å². The average molecular weight is 716 g/mol. The number of carbonyl (C=O) groups excluding carboxylic acids is 4. The molecule has 0 spiro atoms. The molecular formula is C43H45N3O7. The molecule has 1 aliphatic heterocycles. The lowest BCUT2D eigenvalue weighted by Gasteiger charge is -2.25. The summed E-state index contributed by atoms with van der Waals surface area (Å²) in [4.78, 5) is 55.6. The first kappa shape index (κ1) is 37.0. The first-order valence-corrected chi connectivity index (χ1v) is 18.1. The van der Waals surface area contributed by atoms with Crippen molar-refractivity contribution in [3.63, 3.8) is 0 Å². The molecule has 0 saturated heterocycles. The molecule has 3 unspecified atom stereocenters.